The average Bonchev–Trinajstić information content (AvgIpc) is 3.39. The molecule has 1 aromatic carbocycles. The van der Waals surface area contributed by atoms with E-state index in [1.165, 1.54) is 12.1 Å². The Labute approximate surface area is 161 Å². The SMILES string of the molecule is NC(=O)c1ccc(-c2ccc(CC(N)NC(=O)C3NC4CCC3C4)c(F)c2)o1. The Morgan fingerprint density at radius 2 is 2.11 bits per heavy atom. The van der Waals surface area contributed by atoms with Crippen LogP contribution >= 0.6 is 0 Å². The molecule has 2 bridgehead atoms. The number of hydrogen-bond acceptors (Lipinski definition) is 5. The Bertz CT molecular complexity index is 913. The van der Waals surface area contributed by atoms with Crippen molar-refractivity contribution in [2.45, 2.75) is 43.9 Å². The lowest BCUT2D eigenvalue weighted by molar-refractivity contribution is -0.124. The molecule has 8 heteroatoms. The van der Waals surface area contributed by atoms with Crippen LogP contribution in [-0.4, -0.2) is 30.1 Å². The van der Waals surface area contributed by atoms with Crippen LogP contribution in [0.5, 0.6) is 0 Å². The van der Waals surface area contributed by atoms with Gasteiger partial charge in [-0.25, -0.2) is 4.39 Å². The first-order valence-electron chi connectivity index (χ1n) is 9.41. The van der Waals surface area contributed by atoms with E-state index in [1.807, 2.05) is 0 Å². The van der Waals surface area contributed by atoms with Crippen LogP contribution in [0.1, 0.15) is 35.4 Å². The van der Waals surface area contributed by atoms with Crippen LogP contribution < -0.4 is 22.1 Å². The summed E-state index contributed by atoms with van der Waals surface area (Å²) in [6.45, 7) is 0. The number of furan rings is 1. The number of carbonyl (C=O) groups is 2. The Morgan fingerprint density at radius 3 is 2.71 bits per heavy atom. The Hall–Kier alpha value is -2.71. The monoisotopic (exact) mass is 386 g/mol. The zero-order valence-electron chi connectivity index (χ0n) is 15.3. The molecule has 1 saturated carbocycles. The molecule has 1 aliphatic carbocycles. The largest absolute Gasteiger partial charge is 0.451 e. The molecule has 2 heterocycles. The van der Waals surface area contributed by atoms with Gasteiger partial charge in [0.25, 0.3) is 5.91 Å². The van der Waals surface area contributed by atoms with Gasteiger partial charge in [0.05, 0.1) is 12.2 Å². The maximum atomic E-state index is 14.5. The third-order valence-corrected chi connectivity index (χ3v) is 5.60. The van der Waals surface area contributed by atoms with Gasteiger partial charge >= 0.3 is 0 Å². The van der Waals surface area contributed by atoms with Crippen molar-refractivity contribution in [2.75, 3.05) is 0 Å². The van der Waals surface area contributed by atoms with Gasteiger partial charge in [-0.2, -0.15) is 0 Å². The highest BCUT2D eigenvalue weighted by Crippen LogP contribution is 2.35. The zero-order valence-corrected chi connectivity index (χ0v) is 15.3. The summed E-state index contributed by atoms with van der Waals surface area (Å²) in [5, 5.41) is 6.11. The molecular weight excluding hydrogens is 363 g/mol. The summed E-state index contributed by atoms with van der Waals surface area (Å²) in [7, 11) is 0. The van der Waals surface area contributed by atoms with Crippen LogP contribution in [0, 0.1) is 11.7 Å². The Kier molecular flexibility index (Phi) is 4.91. The van der Waals surface area contributed by atoms with Crippen LogP contribution in [0.2, 0.25) is 0 Å². The van der Waals surface area contributed by atoms with E-state index in [0.29, 0.717) is 28.8 Å². The molecule has 2 aromatic rings. The number of amides is 2. The highest BCUT2D eigenvalue weighted by molar-refractivity contribution is 5.90. The number of halogens is 1. The third-order valence-electron chi connectivity index (χ3n) is 5.60. The number of nitrogens with one attached hydrogen (secondary N) is 2. The molecule has 148 valence electrons. The molecule has 1 saturated heterocycles. The van der Waals surface area contributed by atoms with E-state index in [0.717, 1.165) is 19.3 Å². The van der Waals surface area contributed by atoms with E-state index >= 15 is 0 Å². The molecule has 0 radical (unpaired) electrons. The van der Waals surface area contributed by atoms with Gasteiger partial charge < -0.3 is 26.5 Å². The van der Waals surface area contributed by atoms with Gasteiger partial charge in [0.2, 0.25) is 5.91 Å². The van der Waals surface area contributed by atoms with Gasteiger partial charge in [0.15, 0.2) is 5.76 Å². The van der Waals surface area contributed by atoms with E-state index in [1.54, 1.807) is 18.2 Å². The normalized spacial score (nSPS) is 24.3. The first-order valence-corrected chi connectivity index (χ1v) is 9.41. The minimum Gasteiger partial charge on any atom is -0.451 e. The fourth-order valence-electron chi connectivity index (χ4n) is 4.20. The molecular formula is C20H23FN4O3. The summed E-state index contributed by atoms with van der Waals surface area (Å²) in [5.74, 6) is -0.539. The van der Waals surface area contributed by atoms with E-state index < -0.39 is 17.9 Å². The minimum atomic E-state index is -0.685. The molecule has 4 rings (SSSR count). The number of fused-ring (bicyclic) bond motifs is 2. The fraction of sp³-hybridized carbons (Fsp3) is 0.400. The molecule has 4 atom stereocenters. The highest BCUT2D eigenvalue weighted by Gasteiger charge is 2.42. The molecule has 2 aliphatic rings. The molecule has 6 N–H and O–H groups in total. The second-order valence-corrected chi connectivity index (χ2v) is 7.57. The molecule has 28 heavy (non-hydrogen) atoms. The van der Waals surface area contributed by atoms with Gasteiger partial charge in [-0.05, 0) is 48.9 Å². The van der Waals surface area contributed by atoms with Gasteiger partial charge in [0.1, 0.15) is 11.6 Å². The molecule has 4 unspecified atom stereocenters. The van der Waals surface area contributed by atoms with Crippen molar-refractivity contribution >= 4 is 11.8 Å². The summed E-state index contributed by atoms with van der Waals surface area (Å²) < 4.78 is 19.8. The van der Waals surface area contributed by atoms with Crippen LogP contribution in [-0.2, 0) is 11.2 Å². The van der Waals surface area contributed by atoms with Crippen molar-refractivity contribution in [1.82, 2.24) is 10.6 Å². The molecule has 1 aromatic heterocycles. The number of carbonyl (C=O) groups excluding carboxylic acids is 2. The number of piperidine rings is 1. The summed E-state index contributed by atoms with van der Waals surface area (Å²) in [6.07, 6.45) is 2.70. The van der Waals surface area contributed by atoms with Crippen molar-refractivity contribution in [1.29, 1.82) is 0 Å². The van der Waals surface area contributed by atoms with Crippen LogP contribution in [0.4, 0.5) is 4.39 Å². The maximum absolute atomic E-state index is 14.5. The first kappa shape index (κ1) is 18.6. The van der Waals surface area contributed by atoms with Crippen LogP contribution in [0.3, 0.4) is 0 Å². The van der Waals surface area contributed by atoms with E-state index in [2.05, 4.69) is 10.6 Å². The second kappa shape index (κ2) is 7.37. The number of primary amides is 1. The summed E-state index contributed by atoms with van der Waals surface area (Å²) in [5.41, 5.74) is 12.1. The van der Waals surface area contributed by atoms with Gasteiger partial charge in [-0.3, -0.25) is 9.59 Å². The number of hydrogen-bond donors (Lipinski definition) is 4. The lowest BCUT2D eigenvalue weighted by Crippen LogP contribution is -2.53. The summed E-state index contributed by atoms with van der Waals surface area (Å²) in [4.78, 5) is 23.5. The van der Waals surface area contributed by atoms with E-state index in [9.17, 15) is 14.0 Å². The number of benzene rings is 1. The zero-order chi connectivity index (χ0) is 19.8. The highest BCUT2D eigenvalue weighted by atomic mass is 19.1. The first-order chi connectivity index (χ1) is 13.4. The van der Waals surface area contributed by atoms with Crippen molar-refractivity contribution in [2.24, 2.45) is 17.4 Å². The molecule has 2 fully saturated rings. The Balaban J connectivity index is 1.38. The Morgan fingerprint density at radius 1 is 1.29 bits per heavy atom. The van der Waals surface area contributed by atoms with Crippen molar-refractivity contribution in [3.05, 3.63) is 47.5 Å². The summed E-state index contributed by atoms with van der Waals surface area (Å²) in [6, 6.07) is 7.81. The van der Waals surface area contributed by atoms with Crippen LogP contribution in [0.15, 0.2) is 34.7 Å². The van der Waals surface area contributed by atoms with Gasteiger partial charge in [0, 0.05) is 18.0 Å². The predicted octanol–water partition coefficient (Wildman–Crippen LogP) is 1.27. The molecule has 2 amide bonds. The van der Waals surface area contributed by atoms with Crippen molar-refractivity contribution < 1.29 is 18.4 Å². The predicted molar refractivity (Wildman–Crippen MR) is 100 cm³/mol. The van der Waals surface area contributed by atoms with Gasteiger partial charge in [-0.15, -0.1) is 0 Å². The van der Waals surface area contributed by atoms with E-state index in [-0.39, 0.29) is 24.1 Å². The van der Waals surface area contributed by atoms with Gasteiger partial charge in [-0.1, -0.05) is 12.1 Å². The number of nitrogens with two attached hydrogens (primary N) is 2. The fourth-order valence-corrected chi connectivity index (χ4v) is 4.20. The smallest absolute Gasteiger partial charge is 0.284 e. The quantitative estimate of drug-likeness (QED) is 0.557. The topological polar surface area (TPSA) is 123 Å². The van der Waals surface area contributed by atoms with Crippen molar-refractivity contribution in [3.63, 3.8) is 0 Å². The lowest BCUT2D eigenvalue weighted by Gasteiger charge is -2.24. The van der Waals surface area contributed by atoms with Crippen LogP contribution in [0.25, 0.3) is 11.3 Å². The molecule has 7 nitrogen and oxygen atoms in total. The molecule has 1 aliphatic heterocycles. The minimum absolute atomic E-state index is 0.0124. The van der Waals surface area contributed by atoms with Crippen molar-refractivity contribution in [3.8, 4) is 11.3 Å². The average molecular weight is 386 g/mol. The maximum Gasteiger partial charge on any atom is 0.284 e. The standard InChI is InChI=1S/C20H23FN4O3/c21-14-8-11(15-5-6-16(28-15)19(23)26)2-1-10(14)9-17(22)25-20(27)18-12-3-4-13(7-12)24-18/h1-2,5-6,8,12-13,17-18,24H,3-4,7,9,22H2,(H2,23,26)(H,25,27). The lowest BCUT2D eigenvalue weighted by atomic mass is 9.99. The summed E-state index contributed by atoms with van der Waals surface area (Å²) >= 11 is 0. The third kappa shape index (κ3) is 3.65. The molecule has 0 spiro atoms. The second-order valence-electron chi connectivity index (χ2n) is 7.57. The van der Waals surface area contributed by atoms with E-state index in [4.69, 9.17) is 15.9 Å². The number of rotatable bonds is 6.